The van der Waals surface area contributed by atoms with Crippen molar-refractivity contribution in [3.05, 3.63) is 58.4 Å². The molecule has 0 aromatic rings. The van der Waals surface area contributed by atoms with Crippen LogP contribution in [0.2, 0.25) is 0 Å². The Kier molecular flexibility index (Phi) is 7.12. The van der Waals surface area contributed by atoms with Crippen molar-refractivity contribution in [1.82, 2.24) is 0 Å². The molecule has 11 atom stereocenters. The molecule has 4 aliphatic carbocycles. The average Bonchev–Trinajstić information content (AvgIpc) is 3.14. The number of hydrogen-bond donors (Lipinski definition) is 4. The summed E-state index contributed by atoms with van der Waals surface area (Å²) in [7, 11) is 0. The van der Waals surface area contributed by atoms with Crippen molar-refractivity contribution in [1.29, 1.82) is 0 Å². The molecule has 2 bridgehead atoms. The summed E-state index contributed by atoms with van der Waals surface area (Å²) < 4.78 is 5.81. The molecular formula is C32H40O8. The van der Waals surface area contributed by atoms with Gasteiger partial charge in [0.05, 0.1) is 24.2 Å². The highest BCUT2D eigenvalue weighted by Crippen LogP contribution is 2.60. The highest BCUT2D eigenvalue weighted by Gasteiger charge is 2.64. The highest BCUT2D eigenvalue weighted by atomic mass is 16.6. The molecule has 1 unspecified atom stereocenters. The summed E-state index contributed by atoms with van der Waals surface area (Å²) in [5.74, 6) is -4.22. The number of aliphatic hydroxyl groups excluding tert-OH is 4. The van der Waals surface area contributed by atoms with Crippen LogP contribution < -0.4 is 0 Å². The van der Waals surface area contributed by atoms with Gasteiger partial charge in [-0.15, -0.1) is 0 Å². The molecule has 5 rings (SSSR count). The number of carbonyl (C=O) groups excluding carboxylic acids is 3. The van der Waals surface area contributed by atoms with E-state index in [-0.39, 0.29) is 47.8 Å². The van der Waals surface area contributed by atoms with Gasteiger partial charge in [-0.1, -0.05) is 50.6 Å². The predicted octanol–water partition coefficient (Wildman–Crippen LogP) is 3.29. The van der Waals surface area contributed by atoms with Crippen LogP contribution in [0.25, 0.3) is 0 Å². The number of hydrogen-bond acceptors (Lipinski definition) is 8. The Morgan fingerprint density at radius 3 is 2.40 bits per heavy atom. The van der Waals surface area contributed by atoms with Crippen molar-refractivity contribution in [2.24, 2.45) is 40.9 Å². The molecule has 216 valence electrons. The Labute approximate surface area is 234 Å². The van der Waals surface area contributed by atoms with Crippen molar-refractivity contribution in [2.75, 3.05) is 0 Å². The highest BCUT2D eigenvalue weighted by molar-refractivity contribution is 6.26. The molecule has 1 heterocycles. The lowest BCUT2D eigenvalue weighted by atomic mass is 9.49. The van der Waals surface area contributed by atoms with Gasteiger partial charge in [-0.25, -0.2) is 4.79 Å². The van der Waals surface area contributed by atoms with Crippen molar-refractivity contribution >= 4 is 18.0 Å². The van der Waals surface area contributed by atoms with Crippen LogP contribution in [-0.4, -0.2) is 62.4 Å². The standard InChI is InChI=1S/C32H40O8/c1-15-6-9-23(34)16(2)11-22-24(35)12-19(14-33)13-32(22)29(38)25(30(39)40-32)28(37)31(5)21(15)8-7-20-26(31)17(3)10-18(4)27(20)36/h6-8,11-12,14,17-18,20-24,26-27,34-37H,9-10,13H2,1-5H3/b15-6+,16-11+,28-25?/t17-,18-,20-,21?,22+,23-,24-,26+,27-,31+,32+/m1/s1. The van der Waals surface area contributed by atoms with Crippen LogP contribution in [0.5, 0.6) is 0 Å². The summed E-state index contributed by atoms with van der Waals surface area (Å²) in [5, 5.41) is 45.4. The van der Waals surface area contributed by atoms with E-state index < -0.39 is 58.5 Å². The SMILES string of the molecule is C/C1=C\C[C@@H](O)/C(C)=C/[C@H]2[C@H](O)C=C(C=O)C[C@]23OC(=O)C(=C(O)[C@@]2(C)C1C=C[C@H]1[C@H](O)[C@H](C)C[C@@H](C)[C@@H]12)C3=O. The number of esters is 1. The monoisotopic (exact) mass is 552 g/mol. The topological polar surface area (TPSA) is 141 Å². The zero-order valence-electron chi connectivity index (χ0n) is 23.7. The van der Waals surface area contributed by atoms with Gasteiger partial charge in [0.25, 0.3) is 0 Å². The number of rotatable bonds is 1. The first-order valence-electron chi connectivity index (χ1n) is 14.2. The molecular weight excluding hydrogens is 512 g/mol. The van der Waals surface area contributed by atoms with E-state index in [0.29, 0.717) is 18.3 Å². The summed E-state index contributed by atoms with van der Waals surface area (Å²) in [5.41, 5.74) is -2.12. The van der Waals surface area contributed by atoms with E-state index in [1.165, 1.54) is 6.08 Å². The van der Waals surface area contributed by atoms with E-state index in [4.69, 9.17) is 4.74 Å². The van der Waals surface area contributed by atoms with Gasteiger partial charge in [-0.05, 0) is 61.7 Å². The number of fused-ring (bicyclic) bond motifs is 4. The molecule has 2 fully saturated rings. The molecule has 4 N–H and O–H groups in total. The minimum absolute atomic E-state index is 0.0332. The quantitative estimate of drug-likeness (QED) is 0.168. The van der Waals surface area contributed by atoms with Gasteiger partial charge in [0, 0.05) is 23.7 Å². The van der Waals surface area contributed by atoms with Crippen molar-refractivity contribution < 1.29 is 39.5 Å². The number of Topliss-reactive ketones (excluding diaryl/α,β-unsaturated/α-hetero) is 1. The lowest BCUT2D eigenvalue weighted by Crippen LogP contribution is -2.54. The molecule has 5 aliphatic rings. The Morgan fingerprint density at radius 2 is 1.73 bits per heavy atom. The normalized spacial score (nSPS) is 48.0. The average molecular weight is 553 g/mol. The smallest absolute Gasteiger partial charge is 0.346 e. The van der Waals surface area contributed by atoms with E-state index in [0.717, 1.165) is 5.57 Å². The molecule has 0 radical (unpaired) electrons. The van der Waals surface area contributed by atoms with Crippen molar-refractivity contribution in [2.45, 2.75) is 77.8 Å². The molecule has 1 saturated carbocycles. The van der Waals surface area contributed by atoms with Gasteiger partial charge in [0.15, 0.2) is 5.60 Å². The van der Waals surface area contributed by atoms with Crippen LogP contribution in [-0.2, 0) is 19.1 Å². The third-order valence-electron chi connectivity index (χ3n) is 10.5. The lowest BCUT2D eigenvalue weighted by molar-refractivity contribution is -0.159. The number of ketones is 1. The molecule has 40 heavy (non-hydrogen) atoms. The summed E-state index contributed by atoms with van der Waals surface area (Å²) >= 11 is 0. The summed E-state index contributed by atoms with van der Waals surface area (Å²) in [6.45, 7) is 9.50. The van der Waals surface area contributed by atoms with Gasteiger partial charge in [-0.2, -0.15) is 0 Å². The Morgan fingerprint density at radius 1 is 1.02 bits per heavy atom. The fraction of sp³-hybridized carbons (Fsp3) is 0.594. The third kappa shape index (κ3) is 4.02. The van der Waals surface area contributed by atoms with Crippen LogP contribution in [0.3, 0.4) is 0 Å². The minimum Gasteiger partial charge on any atom is -0.511 e. The van der Waals surface area contributed by atoms with E-state index >= 15 is 0 Å². The fourth-order valence-electron chi connectivity index (χ4n) is 8.42. The van der Waals surface area contributed by atoms with E-state index in [1.54, 1.807) is 13.0 Å². The van der Waals surface area contributed by atoms with Gasteiger partial charge in [0.1, 0.15) is 17.6 Å². The summed E-state index contributed by atoms with van der Waals surface area (Å²) in [4.78, 5) is 39.7. The second-order valence-corrected chi connectivity index (χ2v) is 12.9. The van der Waals surface area contributed by atoms with Gasteiger partial charge in [-0.3, -0.25) is 9.59 Å². The number of allylic oxidation sites excluding steroid dienone is 3. The molecule has 1 saturated heterocycles. The number of carbonyl (C=O) groups is 3. The van der Waals surface area contributed by atoms with Crippen LogP contribution in [0.4, 0.5) is 0 Å². The maximum atomic E-state index is 14.3. The predicted molar refractivity (Wildman–Crippen MR) is 147 cm³/mol. The van der Waals surface area contributed by atoms with Gasteiger partial charge >= 0.3 is 5.97 Å². The number of aliphatic hydroxyl groups is 4. The second kappa shape index (κ2) is 9.93. The van der Waals surface area contributed by atoms with Gasteiger partial charge < -0.3 is 25.2 Å². The van der Waals surface area contributed by atoms with Crippen molar-refractivity contribution in [3.8, 4) is 0 Å². The number of ether oxygens (including phenoxy) is 1. The van der Waals surface area contributed by atoms with E-state index in [9.17, 15) is 34.8 Å². The molecule has 0 aromatic carbocycles. The van der Waals surface area contributed by atoms with E-state index in [1.807, 2.05) is 39.0 Å². The van der Waals surface area contributed by atoms with Crippen LogP contribution >= 0.6 is 0 Å². The first kappa shape index (κ1) is 28.7. The zero-order chi connectivity index (χ0) is 29.3. The maximum Gasteiger partial charge on any atom is 0.346 e. The Bertz CT molecular complexity index is 1290. The zero-order valence-corrected chi connectivity index (χ0v) is 23.7. The first-order valence-corrected chi connectivity index (χ1v) is 14.2. The largest absolute Gasteiger partial charge is 0.511 e. The Hall–Kier alpha value is -2.81. The molecule has 1 spiro atoms. The molecule has 8 heteroatoms. The minimum atomic E-state index is -1.94. The van der Waals surface area contributed by atoms with Crippen molar-refractivity contribution in [3.63, 3.8) is 0 Å². The fourth-order valence-corrected chi connectivity index (χ4v) is 8.42. The molecule has 0 amide bonds. The van der Waals surface area contributed by atoms with Crippen LogP contribution in [0.1, 0.15) is 53.9 Å². The van der Waals surface area contributed by atoms with Crippen LogP contribution in [0.15, 0.2) is 58.4 Å². The molecule has 8 nitrogen and oxygen atoms in total. The maximum absolute atomic E-state index is 14.3. The number of aldehydes is 1. The third-order valence-corrected chi connectivity index (χ3v) is 10.5. The van der Waals surface area contributed by atoms with E-state index in [2.05, 4.69) is 6.92 Å². The lowest BCUT2D eigenvalue weighted by Gasteiger charge is -2.55. The first-order chi connectivity index (χ1) is 18.8. The molecule has 1 aliphatic heterocycles. The molecule has 0 aromatic heterocycles. The second-order valence-electron chi connectivity index (χ2n) is 12.9. The van der Waals surface area contributed by atoms with Gasteiger partial charge in [0.2, 0.25) is 5.78 Å². The summed E-state index contributed by atoms with van der Waals surface area (Å²) in [6, 6.07) is 0. The Balaban J connectivity index is 1.79. The van der Waals surface area contributed by atoms with Crippen LogP contribution in [0, 0.1) is 40.9 Å². The summed E-state index contributed by atoms with van der Waals surface area (Å²) in [6.07, 6.45) is 7.02.